The van der Waals surface area contributed by atoms with Crippen molar-refractivity contribution < 1.29 is 14.6 Å². The predicted molar refractivity (Wildman–Crippen MR) is 97.2 cm³/mol. The van der Waals surface area contributed by atoms with Gasteiger partial charge in [-0.25, -0.2) is 4.79 Å². The van der Waals surface area contributed by atoms with Crippen LogP contribution in [0, 0.1) is 0 Å². The van der Waals surface area contributed by atoms with Crippen LogP contribution in [0.5, 0.6) is 0 Å². The Hall–Kier alpha value is -2.33. The van der Waals surface area contributed by atoms with E-state index in [0.717, 1.165) is 11.1 Å². The van der Waals surface area contributed by atoms with Crippen LogP contribution in [-0.2, 0) is 10.3 Å². The molecule has 2 N–H and O–H groups in total. The number of amides is 1. The van der Waals surface area contributed by atoms with Crippen molar-refractivity contribution in [2.75, 3.05) is 0 Å². The van der Waals surface area contributed by atoms with E-state index in [4.69, 9.17) is 4.74 Å². The van der Waals surface area contributed by atoms with Gasteiger partial charge in [0.05, 0.1) is 5.54 Å². The van der Waals surface area contributed by atoms with Gasteiger partial charge in [0.2, 0.25) is 0 Å². The molecule has 0 heterocycles. The molecular formula is C21H25NO3. The molecule has 0 spiro atoms. The summed E-state index contributed by atoms with van der Waals surface area (Å²) < 4.78 is 5.42. The molecule has 0 aromatic heterocycles. The Morgan fingerprint density at radius 3 is 1.76 bits per heavy atom. The van der Waals surface area contributed by atoms with E-state index >= 15 is 0 Å². The molecule has 1 aliphatic carbocycles. The second-order valence-electron chi connectivity index (χ2n) is 7.65. The maximum Gasteiger partial charge on any atom is 0.408 e. The minimum absolute atomic E-state index is 0.504. The summed E-state index contributed by atoms with van der Waals surface area (Å²) in [5.74, 6) is 0. The molecule has 3 rings (SSSR count). The van der Waals surface area contributed by atoms with Crippen molar-refractivity contribution >= 4 is 6.09 Å². The number of alkyl carbamates (subject to hydrolysis) is 1. The molecule has 0 unspecified atom stereocenters. The standard InChI is InChI=1S/C21H25NO3/c1-19(2,3)25-18(23)22-20(14-15-20)21(24,16-10-6-4-7-11-16)17-12-8-5-9-13-17/h4-13,24H,14-15H2,1-3H3,(H,22,23). The summed E-state index contributed by atoms with van der Waals surface area (Å²) in [7, 11) is 0. The summed E-state index contributed by atoms with van der Waals surface area (Å²) in [5.41, 5.74) is -1.15. The number of nitrogens with one attached hydrogen (secondary N) is 1. The van der Waals surface area contributed by atoms with Crippen LogP contribution in [0.25, 0.3) is 0 Å². The molecule has 1 aliphatic rings. The zero-order valence-corrected chi connectivity index (χ0v) is 15.0. The molecule has 0 bridgehead atoms. The van der Waals surface area contributed by atoms with Crippen molar-refractivity contribution in [3.05, 3.63) is 71.8 Å². The molecular weight excluding hydrogens is 314 g/mol. The molecule has 2 aromatic rings. The van der Waals surface area contributed by atoms with Gasteiger partial charge in [0.15, 0.2) is 0 Å². The van der Waals surface area contributed by atoms with Gasteiger partial charge < -0.3 is 15.2 Å². The number of rotatable bonds is 4. The largest absolute Gasteiger partial charge is 0.444 e. The van der Waals surface area contributed by atoms with E-state index in [9.17, 15) is 9.90 Å². The maximum absolute atomic E-state index is 12.4. The van der Waals surface area contributed by atoms with Crippen LogP contribution < -0.4 is 5.32 Å². The van der Waals surface area contributed by atoms with Gasteiger partial charge in [-0.15, -0.1) is 0 Å². The lowest BCUT2D eigenvalue weighted by Gasteiger charge is -2.38. The van der Waals surface area contributed by atoms with E-state index in [2.05, 4.69) is 5.32 Å². The van der Waals surface area contributed by atoms with E-state index < -0.39 is 22.8 Å². The SMILES string of the molecule is CC(C)(C)OC(=O)NC1(C(O)(c2ccccc2)c2ccccc2)CC1. The Bertz CT molecular complexity index is 691. The third-order valence-electron chi connectivity index (χ3n) is 4.57. The van der Waals surface area contributed by atoms with Crippen LogP contribution in [0.2, 0.25) is 0 Å². The van der Waals surface area contributed by atoms with Crippen molar-refractivity contribution in [2.24, 2.45) is 0 Å². The molecule has 0 aliphatic heterocycles. The average molecular weight is 339 g/mol. The van der Waals surface area contributed by atoms with Gasteiger partial charge in [-0.3, -0.25) is 0 Å². The zero-order chi connectivity index (χ0) is 18.1. The summed E-state index contributed by atoms with van der Waals surface area (Å²) in [6.07, 6.45) is 0.870. The molecule has 1 fully saturated rings. The Labute approximate surface area is 148 Å². The van der Waals surface area contributed by atoms with Crippen molar-refractivity contribution in [1.29, 1.82) is 0 Å². The number of aliphatic hydroxyl groups is 1. The Morgan fingerprint density at radius 1 is 0.960 bits per heavy atom. The Morgan fingerprint density at radius 2 is 1.40 bits per heavy atom. The Kier molecular flexibility index (Phi) is 4.33. The zero-order valence-electron chi connectivity index (χ0n) is 15.0. The van der Waals surface area contributed by atoms with E-state index in [0.29, 0.717) is 12.8 Å². The molecule has 2 aromatic carbocycles. The van der Waals surface area contributed by atoms with Crippen LogP contribution in [-0.4, -0.2) is 22.3 Å². The number of benzene rings is 2. The topological polar surface area (TPSA) is 58.6 Å². The Balaban J connectivity index is 2.00. The fraction of sp³-hybridized carbons (Fsp3) is 0.381. The third-order valence-corrected chi connectivity index (χ3v) is 4.57. The second kappa shape index (κ2) is 6.19. The van der Waals surface area contributed by atoms with E-state index in [1.54, 1.807) is 0 Å². The molecule has 0 radical (unpaired) electrons. The van der Waals surface area contributed by atoms with Crippen molar-refractivity contribution in [2.45, 2.75) is 50.4 Å². The number of hydrogen-bond acceptors (Lipinski definition) is 3. The number of hydrogen-bond donors (Lipinski definition) is 2. The monoisotopic (exact) mass is 339 g/mol. The van der Waals surface area contributed by atoms with Gasteiger partial charge in [0.25, 0.3) is 0 Å². The first kappa shape index (κ1) is 17.5. The number of carbonyl (C=O) groups is 1. The molecule has 1 saturated carbocycles. The van der Waals surface area contributed by atoms with Gasteiger partial charge in [0.1, 0.15) is 11.2 Å². The highest BCUT2D eigenvalue weighted by atomic mass is 16.6. The highest BCUT2D eigenvalue weighted by Gasteiger charge is 2.61. The van der Waals surface area contributed by atoms with E-state index in [-0.39, 0.29) is 0 Å². The van der Waals surface area contributed by atoms with Crippen LogP contribution in [0.1, 0.15) is 44.7 Å². The predicted octanol–water partition coefficient (Wildman–Crippen LogP) is 3.98. The smallest absolute Gasteiger partial charge is 0.408 e. The van der Waals surface area contributed by atoms with Crippen LogP contribution in [0.3, 0.4) is 0 Å². The van der Waals surface area contributed by atoms with Gasteiger partial charge in [-0.05, 0) is 44.7 Å². The van der Waals surface area contributed by atoms with Gasteiger partial charge in [-0.2, -0.15) is 0 Å². The highest BCUT2D eigenvalue weighted by Crippen LogP contribution is 2.53. The normalized spacial score (nSPS) is 16.2. The van der Waals surface area contributed by atoms with Gasteiger partial charge in [-0.1, -0.05) is 60.7 Å². The molecule has 4 heteroatoms. The molecule has 0 saturated heterocycles. The fourth-order valence-corrected chi connectivity index (χ4v) is 3.28. The van der Waals surface area contributed by atoms with Gasteiger partial charge >= 0.3 is 6.09 Å². The lowest BCUT2D eigenvalue weighted by molar-refractivity contribution is 0.00798. The first-order valence-electron chi connectivity index (χ1n) is 8.61. The lowest BCUT2D eigenvalue weighted by atomic mass is 9.78. The summed E-state index contributed by atoms with van der Waals surface area (Å²) >= 11 is 0. The molecule has 132 valence electrons. The minimum Gasteiger partial charge on any atom is -0.444 e. The lowest BCUT2D eigenvalue weighted by Crippen LogP contribution is -2.54. The molecule has 1 amide bonds. The first-order chi connectivity index (χ1) is 11.8. The molecule has 25 heavy (non-hydrogen) atoms. The highest BCUT2D eigenvalue weighted by molar-refractivity contribution is 5.70. The fourth-order valence-electron chi connectivity index (χ4n) is 3.28. The van der Waals surface area contributed by atoms with Crippen LogP contribution in [0.15, 0.2) is 60.7 Å². The first-order valence-corrected chi connectivity index (χ1v) is 8.61. The van der Waals surface area contributed by atoms with Crippen LogP contribution in [0.4, 0.5) is 4.79 Å². The molecule has 0 atom stereocenters. The van der Waals surface area contributed by atoms with Crippen molar-refractivity contribution in [3.8, 4) is 0 Å². The van der Waals surface area contributed by atoms with Gasteiger partial charge in [0, 0.05) is 0 Å². The minimum atomic E-state index is -1.31. The third kappa shape index (κ3) is 3.40. The number of carbonyl (C=O) groups excluding carboxylic acids is 1. The summed E-state index contributed by atoms with van der Waals surface area (Å²) in [5, 5.41) is 14.8. The maximum atomic E-state index is 12.4. The van der Waals surface area contributed by atoms with Crippen molar-refractivity contribution in [1.82, 2.24) is 5.32 Å². The molecule has 4 nitrogen and oxygen atoms in total. The summed E-state index contributed by atoms with van der Waals surface area (Å²) in [6.45, 7) is 5.48. The van der Waals surface area contributed by atoms with Crippen molar-refractivity contribution in [3.63, 3.8) is 0 Å². The summed E-state index contributed by atoms with van der Waals surface area (Å²) in [6, 6.07) is 19.0. The quantitative estimate of drug-likeness (QED) is 0.886. The average Bonchev–Trinajstić information content (AvgIpc) is 3.35. The summed E-state index contributed by atoms with van der Waals surface area (Å²) in [4.78, 5) is 12.4. The second-order valence-corrected chi connectivity index (χ2v) is 7.65. The van der Waals surface area contributed by atoms with Crippen LogP contribution >= 0.6 is 0 Å². The van der Waals surface area contributed by atoms with E-state index in [1.165, 1.54) is 0 Å². The number of ether oxygens (including phenoxy) is 1. The van der Waals surface area contributed by atoms with E-state index in [1.807, 2.05) is 81.4 Å².